The highest BCUT2D eigenvalue weighted by atomic mass is 16.3. The Hall–Kier alpha value is -1.64. The maximum Gasteiger partial charge on any atom is 0.0986 e. The quantitative estimate of drug-likeness (QED) is 0.866. The van der Waals surface area contributed by atoms with Crippen LogP contribution in [0.4, 0.5) is 0 Å². The molecule has 1 aliphatic rings. The molecule has 2 heteroatoms. The van der Waals surface area contributed by atoms with E-state index in [2.05, 4.69) is 36.1 Å². The van der Waals surface area contributed by atoms with Crippen LogP contribution in [0.1, 0.15) is 43.0 Å². The standard InChI is InChI=1S/C19H23NO/c1-2-20(17-13-14-17)18(15-9-5-3-6-10-15)19(21)16-11-7-4-8-12-16/h3-12,17-19,21H,2,13-14H2,1H3. The van der Waals surface area contributed by atoms with Gasteiger partial charge in [0, 0.05) is 6.04 Å². The summed E-state index contributed by atoms with van der Waals surface area (Å²) in [6, 6.07) is 21.1. The summed E-state index contributed by atoms with van der Waals surface area (Å²) in [7, 11) is 0. The van der Waals surface area contributed by atoms with E-state index in [1.807, 2.05) is 36.4 Å². The third-order valence-electron chi connectivity index (χ3n) is 4.32. The molecule has 2 aromatic carbocycles. The Labute approximate surface area is 127 Å². The SMILES string of the molecule is CCN(C1CC1)C(c1ccccc1)C(O)c1ccccc1. The highest BCUT2D eigenvalue weighted by Gasteiger charge is 2.37. The first-order valence-electron chi connectivity index (χ1n) is 7.85. The minimum atomic E-state index is -0.492. The summed E-state index contributed by atoms with van der Waals surface area (Å²) in [5.41, 5.74) is 2.19. The molecule has 21 heavy (non-hydrogen) atoms. The van der Waals surface area contributed by atoms with E-state index in [4.69, 9.17) is 0 Å². The van der Waals surface area contributed by atoms with Crippen LogP contribution in [-0.4, -0.2) is 22.6 Å². The minimum absolute atomic E-state index is 0.0334. The molecule has 0 radical (unpaired) electrons. The zero-order chi connectivity index (χ0) is 14.7. The molecule has 2 aromatic rings. The predicted octanol–water partition coefficient (Wildman–Crippen LogP) is 3.95. The second kappa shape index (κ2) is 6.42. The summed E-state index contributed by atoms with van der Waals surface area (Å²) in [6.07, 6.45) is 2.01. The Morgan fingerprint density at radius 2 is 1.48 bits per heavy atom. The Kier molecular flexibility index (Phi) is 4.37. The summed E-state index contributed by atoms with van der Waals surface area (Å²) in [4.78, 5) is 2.45. The van der Waals surface area contributed by atoms with Gasteiger partial charge in [-0.15, -0.1) is 0 Å². The van der Waals surface area contributed by atoms with Crippen molar-refractivity contribution in [1.82, 2.24) is 4.90 Å². The van der Waals surface area contributed by atoms with Gasteiger partial charge in [0.15, 0.2) is 0 Å². The number of aliphatic hydroxyl groups is 1. The van der Waals surface area contributed by atoms with Gasteiger partial charge in [-0.05, 0) is 30.5 Å². The van der Waals surface area contributed by atoms with Gasteiger partial charge in [-0.2, -0.15) is 0 Å². The molecule has 3 rings (SSSR count). The summed E-state index contributed by atoms with van der Waals surface area (Å²) in [6.45, 7) is 3.15. The molecule has 0 bridgehead atoms. The van der Waals surface area contributed by atoms with Crippen LogP contribution in [0.2, 0.25) is 0 Å². The van der Waals surface area contributed by atoms with Gasteiger partial charge in [0.2, 0.25) is 0 Å². The van der Waals surface area contributed by atoms with E-state index in [-0.39, 0.29) is 6.04 Å². The van der Waals surface area contributed by atoms with Crippen LogP contribution in [-0.2, 0) is 0 Å². The fourth-order valence-corrected chi connectivity index (χ4v) is 3.13. The van der Waals surface area contributed by atoms with Crippen molar-refractivity contribution >= 4 is 0 Å². The topological polar surface area (TPSA) is 23.5 Å². The molecule has 110 valence electrons. The van der Waals surface area contributed by atoms with Gasteiger partial charge in [0.25, 0.3) is 0 Å². The van der Waals surface area contributed by atoms with Crippen molar-refractivity contribution in [1.29, 1.82) is 0 Å². The fourth-order valence-electron chi connectivity index (χ4n) is 3.13. The van der Waals surface area contributed by atoms with Crippen LogP contribution in [0, 0.1) is 0 Å². The lowest BCUT2D eigenvalue weighted by molar-refractivity contribution is 0.0450. The molecule has 2 unspecified atom stereocenters. The van der Waals surface area contributed by atoms with Crippen LogP contribution in [0.3, 0.4) is 0 Å². The molecule has 0 aromatic heterocycles. The Balaban J connectivity index is 1.95. The van der Waals surface area contributed by atoms with Gasteiger partial charge in [-0.3, -0.25) is 4.90 Å². The van der Waals surface area contributed by atoms with Crippen LogP contribution in [0.25, 0.3) is 0 Å². The van der Waals surface area contributed by atoms with Crippen molar-refractivity contribution in [3.05, 3.63) is 71.8 Å². The Morgan fingerprint density at radius 3 is 1.95 bits per heavy atom. The third kappa shape index (κ3) is 3.17. The molecule has 1 aliphatic carbocycles. The van der Waals surface area contributed by atoms with Gasteiger partial charge in [-0.1, -0.05) is 67.6 Å². The largest absolute Gasteiger partial charge is 0.386 e. The number of hydrogen-bond acceptors (Lipinski definition) is 2. The van der Waals surface area contributed by atoms with E-state index in [9.17, 15) is 5.11 Å². The highest BCUT2D eigenvalue weighted by molar-refractivity contribution is 5.26. The van der Waals surface area contributed by atoms with Crippen molar-refractivity contribution < 1.29 is 5.11 Å². The van der Waals surface area contributed by atoms with Crippen LogP contribution < -0.4 is 0 Å². The molecule has 2 atom stereocenters. The highest BCUT2D eigenvalue weighted by Crippen LogP contribution is 2.40. The normalized spacial score (nSPS) is 17.7. The number of nitrogens with zero attached hydrogens (tertiary/aromatic N) is 1. The van der Waals surface area contributed by atoms with Gasteiger partial charge in [-0.25, -0.2) is 0 Å². The monoisotopic (exact) mass is 281 g/mol. The summed E-state index contributed by atoms with van der Waals surface area (Å²) in [5.74, 6) is 0. The van der Waals surface area contributed by atoms with Crippen LogP contribution in [0.5, 0.6) is 0 Å². The van der Waals surface area contributed by atoms with E-state index in [0.717, 1.165) is 12.1 Å². The Bertz CT molecular complexity index is 550. The molecule has 0 spiro atoms. The maximum atomic E-state index is 11.0. The second-order valence-electron chi connectivity index (χ2n) is 5.77. The van der Waals surface area contributed by atoms with Gasteiger partial charge >= 0.3 is 0 Å². The van der Waals surface area contributed by atoms with Gasteiger partial charge in [0.05, 0.1) is 12.1 Å². The molecule has 0 heterocycles. The maximum absolute atomic E-state index is 11.0. The lowest BCUT2D eigenvalue weighted by Crippen LogP contribution is -2.34. The Morgan fingerprint density at radius 1 is 0.952 bits per heavy atom. The third-order valence-corrected chi connectivity index (χ3v) is 4.32. The van der Waals surface area contributed by atoms with E-state index in [1.54, 1.807) is 0 Å². The average molecular weight is 281 g/mol. The predicted molar refractivity (Wildman–Crippen MR) is 86.0 cm³/mol. The van der Waals surface area contributed by atoms with E-state index < -0.39 is 6.10 Å². The number of likely N-dealkylation sites (N-methyl/N-ethyl adjacent to an activating group) is 1. The first-order chi connectivity index (χ1) is 10.3. The molecule has 0 aliphatic heterocycles. The van der Waals surface area contributed by atoms with Crippen molar-refractivity contribution in [3.63, 3.8) is 0 Å². The minimum Gasteiger partial charge on any atom is -0.386 e. The number of hydrogen-bond donors (Lipinski definition) is 1. The average Bonchev–Trinajstić information content (AvgIpc) is 3.38. The van der Waals surface area contributed by atoms with E-state index in [0.29, 0.717) is 6.04 Å². The molecule has 0 amide bonds. The molecular weight excluding hydrogens is 258 g/mol. The molecule has 1 saturated carbocycles. The molecular formula is C19H23NO. The van der Waals surface area contributed by atoms with Crippen molar-refractivity contribution in [3.8, 4) is 0 Å². The number of benzene rings is 2. The smallest absolute Gasteiger partial charge is 0.0986 e. The summed E-state index contributed by atoms with van der Waals surface area (Å²) in [5, 5.41) is 11.0. The second-order valence-corrected chi connectivity index (χ2v) is 5.77. The zero-order valence-electron chi connectivity index (χ0n) is 12.5. The summed E-state index contributed by atoms with van der Waals surface area (Å²) >= 11 is 0. The number of rotatable bonds is 6. The summed E-state index contributed by atoms with van der Waals surface area (Å²) < 4.78 is 0. The molecule has 0 saturated heterocycles. The van der Waals surface area contributed by atoms with Crippen molar-refractivity contribution in [2.45, 2.75) is 38.0 Å². The van der Waals surface area contributed by atoms with Crippen molar-refractivity contribution in [2.24, 2.45) is 0 Å². The molecule has 2 nitrogen and oxygen atoms in total. The van der Waals surface area contributed by atoms with Crippen LogP contribution >= 0.6 is 0 Å². The number of aliphatic hydroxyl groups excluding tert-OH is 1. The first-order valence-corrected chi connectivity index (χ1v) is 7.85. The van der Waals surface area contributed by atoms with Gasteiger partial charge in [0.1, 0.15) is 0 Å². The lowest BCUT2D eigenvalue weighted by Gasteiger charge is -2.35. The fraction of sp³-hybridized carbons (Fsp3) is 0.368. The molecule has 1 fully saturated rings. The van der Waals surface area contributed by atoms with Crippen molar-refractivity contribution in [2.75, 3.05) is 6.54 Å². The molecule has 1 N–H and O–H groups in total. The first kappa shape index (κ1) is 14.3. The van der Waals surface area contributed by atoms with Crippen LogP contribution in [0.15, 0.2) is 60.7 Å². The van der Waals surface area contributed by atoms with Gasteiger partial charge < -0.3 is 5.11 Å². The zero-order valence-corrected chi connectivity index (χ0v) is 12.5. The van der Waals surface area contributed by atoms with E-state index >= 15 is 0 Å². The lowest BCUT2D eigenvalue weighted by atomic mass is 9.94. The van der Waals surface area contributed by atoms with E-state index in [1.165, 1.54) is 18.4 Å².